The molecule has 27 heavy (non-hydrogen) atoms. The van der Waals surface area contributed by atoms with Gasteiger partial charge in [-0.15, -0.1) is 35.3 Å². The minimum atomic E-state index is -2.98. The molecule has 0 unspecified atom stereocenters. The zero-order chi connectivity index (χ0) is 19.3. The fourth-order valence-corrected chi connectivity index (χ4v) is 3.59. The first-order valence-corrected chi connectivity index (χ1v) is 9.17. The van der Waals surface area contributed by atoms with E-state index in [0.717, 1.165) is 15.6 Å². The summed E-state index contributed by atoms with van der Waals surface area (Å²) in [5, 5.41) is 7.41. The molecule has 0 aliphatic carbocycles. The lowest BCUT2D eigenvalue weighted by molar-refractivity contribution is -0.0504. The van der Waals surface area contributed by atoms with Crippen molar-refractivity contribution in [2.45, 2.75) is 33.5 Å². The number of thiazole rings is 1. The van der Waals surface area contributed by atoms with Crippen LogP contribution in [0.5, 0.6) is 5.75 Å². The summed E-state index contributed by atoms with van der Waals surface area (Å²) >= 11 is 13.5. The van der Waals surface area contributed by atoms with Gasteiger partial charge in [-0.05, 0) is 26.0 Å². The molecule has 1 aromatic heterocycles. The van der Waals surface area contributed by atoms with Crippen LogP contribution in [-0.4, -0.2) is 24.6 Å². The molecule has 0 fully saturated rings. The van der Waals surface area contributed by atoms with E-state index in [0.29, 0.717) is 23.1 Å². The van der Waals surface area contributed by atoms with Crippen LogP contribution < -0.4 is 15.4 Å². The topological polar surface area (TPSA) is 58.5 Å². The summed E-state index contributed by atoms with van der Waals surface area (Å²) in [5.74, 6) is 0.370. The summed E-state index contributed by atoms with van der Waals surface area (Å²) in [7, 11) is 1.61. The van der Waals surface area contributed by atoms with Crippen molar-refractivity contribution in [1.29, 1.82) is 0 Å². The normalized spacial score (nSPS) is 11.3. The lowest BCUT2D eigenvalue weighted by atomic mass is 10.2. The molecule has 0 radical (unpaired) electrons. The van der Waals surface area contributed by atoms with Crippen LogP contribution >= 0.6 is 58.5 Å². The van der Waals surface area contributed by atoms with Gasteiger partial charge in [-0.3, -0.25) is 4.99 Å². The van der Waals surface area contributed by atoms with Gasteiger partial charge in [0.25, 0.3) is 0 Å². The van der Waals surface area contributed by atoms with E-state index in [4.69, 9.17) is 23.2 Å². The monoisotopic (exact) mass is 550 g/mol. The van der Waals surface area contributed by atoms with Crippen molar-refractivity contribution >= 4 is 64.5 Å². The van der Waals surface area contributed by atoms with Crippen molar-refractivity contribution in [2.75, 3.05) is 7.05 Å². The number of aliphatic imine (C=N–C) groups is 1. The molecule has 0 saturated carbocycles. The Morgan fingerprint density at radius 3 is 2.48 bits per heavy atom. The Kier molecular flexibility index (Phi) is 9.99. The van der Waals surface area contributed by atoms with Crippen LogP contribution in [0.2, 0.25) is 10.0 Å². The fraction of sp³-hybridized carbons (Fsp3) is 0.375. The number of benzene rings is 1. The van der Waals surface area contributed by atoms with Gasteiger partial charge >= 0.3 is 6.61 Å². The minimum absolute atomic E-state index is 0. The summed E-state index contributed by atoms with van der Waals surface area (Å²) in [4.78, 5) is 9.70. The molecule has 2 aromatic rings. The number of hydrogen-bond donors (Lipinski definition) is 2. The van der Waals surface area contributed by atoms with E-state index >= 15 is 0 Å². The number of nitrogens with one attached hydrogen (secondary N) is 2. The Hall–Kier alpha value is -0.910. The summed E-state index contributed by atoms with van der Waals surface area (Å²) in [5.41, 5.74) is 1.39. The van der Waals surface area contributed by atoms with Gasteiger partial charge in [0.1, 0.15) is 10.8 Å². The second-order valence-electron chi connectivity index (χ2n) is 5.28. The third-order valence-corrected chi connectivity index (χ3v) is 5.01. The molecule has 0 aliphatic heterocycles. The number of ether oxygens (including phenoxy) is 1. The van der Waals surface area contributed by atoms with Gasteiger partial charge in [0, 0.05) is 29.1 Å². The van der Waals surface area contributed by atoms with Crippen molar-refractivity contribution in [1.82, 2.24) is 15.6 Å². The molecule has 0 spiro atoms. The number of aromatic nitrogens is 1. The van der Waals surface area contributed by atoms with E-state index in [1.54, 1.807) is 18.4 Å². The Bertz CT molecular complexity index is 785. The Balaban J connectivity index is 0.00000364. The average molecular weight is 551 g/mol. The molecular weight excluding hydrogens is 532 g/mol. The van der Waals surface area contributed by atoms with E-state index < -0.39 is 6.61 Å². The SMILES string of the molecule is CN=C(NCc1nc(C)c(C)s1)NCc1cc(Cl)cc(Cl)c1OC(F)F.I. The first kappa shape index (κ1) is 24.1. The predicted octanol–water partition coefficient (Wildman–Crippen LogP) is 5.15. The molecule has 0 bridgehead atoms. The van der Waals surface area contributed by atoms with Crippen LogP contribution in [0.4, 0.5) is 8.78 Å². The predicted molar refractivity (Wildman–Crippen MR) is 117 cm³/mol. The number of nitrogens with zero attached hydrogens (tertiary/aromatic N) is 2. The van der Waals surface area contributed by atoms with Crippen LogP contribution in [0, 0.1) is 13.8 Å². The maximum absolute atomic E-state index is 12.6. The number of alkyl halides is 2. The number of guanidine groups is 1. The molecule has 0 amide bonds. The van der Waals surface area contributed by atoms with E-state index in [2.05, 4.69) is 25.3 Å². The number of aryl methyl sites for hydroxylation is 2. The second-order valence-corrected chi connectivity index (χ2v) is 7.41. The Morgan fingerprint density at radius 1 is 1.26 bits per heavy atom. The maximum atomic E-state index is 12.6. The number of hydrogen-bond acceptors (Lipinski definition) is 4. The lowest BCUT2D eigenvalue weighted by Gasteiger charge is -2.15. The van der Waals surface area contributed by atoms with E-state index in [9.17, 15) is 8.78 Å². The van der Waals surface area contributed by atoms with Crippen molar-refractivity contribution in [3.63, 3.8) is 0 Å². The van der Waals surface area contributed by atoms with Gasteiger partial charge in [0.2, 0.25) is 0 Å². The number of rotatable bonds is 6. The van der Waals surface area contributed by atoms with E-state index in [-0.39, 0.29) is 41.3 Å². The Labute approximate surface area is 187 Å². The zero-order valence-electron chi connectivity index (χ0n) is 14.8. The zero-order valence-corrected chi connectivity index (χ0v) is 19.4. The highest BCUT2D eigenvalue weighted by atomic mass is 127. The van der Waals surface area contributed by atoms with Crippen molar-refractivity contribution in [2.24, 2.45) is 4.99 Å². The molecule has 5 nitrogen and oxygen atoms in total. The van der Waals surface area contributed by atoms with Gasteiger partial charge in [-0.25, -0.2) is 4.98 Å². The van der Waals surface area contributed by atoms with E-state index in [1.165, 1.54) is 12.1 Å². The smallest absolute Gasteiger partial charge is 0.387 e. The van der Waals surface area contributed by atoms with Crippen LogP contribution in [-0.2, 0) is 13.1 Å². The molecular formula is C16H19Cl2F2IN4OS. The highest BCUT2D eigenvalue weighted by Crippen LogP contribution is 2.33. The molecule has 1 aromatic carbocycles. The third kappa shape index (κ3) is 7.20. The molecule has 0 atom stereocenters. The largest absolute Gasteiger partial charge is 0.433 e. The summed E-state index contributed by atoms with van der Waals surface area (Å²) in [6, 6.07) is 2.86. The van der Waals surface area contributed by atoms with Crippen LogP contribution in [0.3, 0.4) is 0 Å². The van der Waals surface area contributed by atoms with Crippen LogP contribution in [0.25, 0.3) is 0 Å². The molecule has 2 N–H and O–H groups in total. The van der Waals surface area contributed by atoms with Gasteiger partial charge in [0.05, 0.1) is 17.3 Å². The summed E-state index contributed by atoms with van der Waals surface area (Å²) in [6.45, 7) is 1.63. The maximum Gasteiger partial charge on any atom is 0.387 e. The van der Waals surface area contributed by atoms with Gasteiger partial charge in [-0.2, -0.15) is 8.78 Å². The highest BCUT2D eigenvalue weighted by molar-refractivity contribution is 14.0. The van der Waals surface area contributed by atoms with Crippen molar-refractivity contribution in [3.8, 4) is 5.75 Å². The number of halogens is 5. The lowest BCUT2D eigenvalue weighted by Crippen LogP contribution is -2.36. The van der Waals surface area contributed by atoms with Crippen molar-refractivity contribution in [3.05, 3.63) is 43.3 Å². The molecule has 1 heterocycles. The first-order valence-electron chi connectivity index (χ1n) is 7.60. The second kappa shape index (κ2) is 11.2. The first-order chi connectivity index (χ1) is 12.3. The van der Waals surface area contributed by atoms with Crippen molar-refractivity contribution < 1.29 is 13.5 Å². The molecule has 150 valence electrons. The van der Waals surface area contributed by atoms with Gasteiger partial charge < -0.3 is 15.4 Å². The summed E-state index contributed by atoms with van der Waals surface area (Å²) < 4.78 is 29.7. The average Bonchev–Trinajstić information content (AvgIpc) is 2.88. The summed E-state index contributed by atoms with van der Waals surface area (Å²) in [6.07, 6.45) is 0. The standard InChI is InChI=1S/C16H18Cl2F2N4OS.HI/c1-8-9(2)26-13(24-8)7-23-16(21-3)22-6-10-4-11(17)5-12(18)14(10)25-15(19)20;/h4-5,15H,6-7H2,1-3H3,(H2,21,22,23);1H. The molecule has 0 saturated heterocycles. The Morgan fingerprint density at radius 2 is 1.93 bits per heavy atom. The quantitative estimate of drug-likeness (QED) is 0.297. The van der Waals surface area contributed by atoms with Crippen LogP contribution in [0.15, 0.2) is 17.1 Å². The van der Waals surface area contributed by atoms with Crippen LogP contribution in [0.1, 0.15) is 21.1 Å². The molecule has 11 heteroatoms. The molecule has 2 rings (SSSR count). The van der Waals surface area contributed by atoms with E-state index in [1.807, 2.05) is 13.8 Å². The van der Waals surface area contributed by atoms with Gasteiger partial charge in [-0.1, -0.05) is 23.2 Å². The molecule has 0 aliphatic rings. The minimum Gasteiger partial charge on any atom is -0.433 e. The third-order valence-electron chi connectivity index (χ3n) is 3.44. The highest BCUT2D eigenvalue weighted by Gasteiger charge is 2.15. The fourth-order valence-electron chi connectivity index (χ4n) is 2.14. The van der Waals surface area contributed by atoms with Gasteiger partial charge in [0.15, 0.2) is 5.96 Å².